The quantitative estimate of drug-likeness (QED) is 0.552. The van der Waals surface area contributed by atoms with Gasteiger partial charge < -0.3 is 25.6 Å². The molecule has 1 rings (SSSR count). The van der Waals surface area contributed by atoms with E-state index >= 15 is 0 Å². The number of carboxylic acids is 2. The molecule has 0 aliphatic carbocycles. The van der Waals surface area contributed by atoms with E-state index < -0.39 is 29.6 Å². The van der Waals surface area contributed by atoms with Crippen LogP contribution in [0, 0.1) is 0 Å². The summed E-state index contributed by atoms with van der Waals surface area (Å²) in [4.78, 5) is 33.2. The summed E-state index contributed by atoms with van der Waals surface area (Å²) in [6.07, 6.45) is 0.820. The molecule has 1 saturated heterocycles. The predicted molar refractivity (Wildman–Crippen MR) is 68.4 cm³/mol. The number of nitrogens with one attached hydrogen (secondary N) is 2. The zero-order valence-corrected chi connectivity index (χ0v) is 11.3. The molecule has 20 heavy (non-hydrogen) atoms. The first-order valence-corrected chi connectivity index (χ1v) is 6.43. The highest BCUT2D eigenvalue weighted by atomic mass is 16.5. The van der Waals surface area contributed by atoms with Crippen LogP contribution in [-0.2, 0) is 14.3 Å². The lowest BCUT2D eigenvalue weighted by Crippen LogP contribution is -2.55. The number of aliphatic carboxylic acids is 2. The average molecular weight is 288 g/mol. The van der Waals surface area contributed by atoms with Gasteiger partial charge in [-0.2, -0.15) is 0 Å². The van der Waals surface area contributed by atoms with Gasteiger partial charge in [0.1, 0.15) is 6.04 Å². The minimum absolute atomic E-state index is 0.155. The Balaban J connectivity index is 2.48. The first kappa shape index (κ1) is 16.2. The van der Waals surface area contributed by atoms with Crippen LogP contribution in [0.5, 0.6) is 0 Å². The second-order valence-corrected chi connectivity index (χ2v) is 5.09. The van der Waals surface area contributed by atoms with Crippen LogP contribution in [-0.4, -0.2) is 53.0 Å². The molecule has 0 saturated carbocycles. The van der Waals surface area contributed by atoms with Crippen molar-refractivity contribution < 1.29 is 29.3 Å². The largest absolute Gasteiger partial charge is 0.481 e. The number of urea groups is 1. The zero-order chi connectivity index (χ0) is 15.2. The van der Waals surface area contributed by atoms with Crippen LogP contribution in [0.25, 0.3) is 0 Å². The third kappa shape index (κ3) is 5.43. The van der Waals surface area contributed by atoms with Crippen molar-refractivity contribution >= 4 is 18.0 Å². The van der Waals surface area contributed by atoms with E-state index in [0.29, 0.717) is 26.1 Å². The summed E-state index contributed by atoms with van der Waals surface area (Å²) in [5.41, 5.74) is -0.432. The van der Waals surface area contributed by atoms with Crippen molar-refractivity contribution in [2.45, 2.75) is 44.2 Å². The summed E-state index contributed by atoms with van der Waals surface area (Å²) in [7, 11) is 0. The standard InChI is InChI=1S/C12H20N2O6/c1-12(4-6-20-7-5-12)14-11(19)13-8(10(17)18)2-3-9(15)16/h8H,2-7H2,1H3,(H,15,16)(H,17,18)(H2,13,14,19). The monoisotopic (exact) mass is 288 g/mol. The Hall–Kier alpha value is -1.83. The van der Waals surface area contributed by atoms with Gasteiger partial charge in [0.2, 0.25) is 0 Å². The molecular weight excluding hydrogens is 268 g/mol. The molecule has 1 heterocycles. The van der Waals surface area contributed by atoms with Crippen LogP contribution in [0.15, 0.2) is 0 Å². The number of hydrogen-bond acceptors (Lipinski definition) is 4. The van der Waals surface area contributed by atoms with Crippen molar-refractivity contribution in [2.75, 3.05) is 13.2 Å². The SMILES string of the molecule is CC1(NC(=O)NC(CCC(=O)O)C(=O)O)CCOCC1. The van der Waals surface area contributed by atoms with Gasteiger partial charge in [0.25, 0.3) is 0 Å². The molecule has 4 N–H and O–H groups in total. The summed E-state index contributed by atoms with van der Waals surface area (Å²) in [5, 5.41) is 22.5. The van der Waals surface area contributed by atoms with E-state index in [0.717, 1.165) is 0 Å². The maximum atomic E-state index is 11.8. The van der Waals surface area contributed by atoms with Gasteiger partial charge in [-0.3, -0.25) is 4.79 Å². The van der Waals surface area contributed by atoms with Crippen LogP contribution in [0.3, 0.4) is 0 Å². The summed E-state index contributed by atoms with van der Waals surface area (Å²) in [6, 6.07) is -1.82. The molecule has 1 aliphatic rings. The molecule has 0 aromatic rings. The van der Waals surface area contributed by atoms with Crippen molar-refractivity contribution in [2.24, 2.45) is 0 Å². The number of carbonyl (C=O) groups is 3. The molecule has 1 atom stereocenters. The maximum absolute atomic E-state index is 11.8. The Bertz CT molecular complexity index is 378. The number of amides is 2. The molecule has 1 fully saturated rings. The molecule has 0 bridgehead atoms. The van der Waals surface area contributed by atoms with Gasteiger partial charge in [-0.1, -0.05) is 0 Å². The minimum Gasteiger partial charge on any atom is -0.481 e. The molecule has 8 heteroatoms. The van der Waals surface area contributed by atoms with Gasteiger partial charge in [0, 0.05) is 25.2 Å². The maximum Gasteiger partial charge on any atom is 0.326 e. The second-order valence-electron chi connectivity index (χ2n) is 5.09. The van der Waals surface area contributed by atoms with E-state index in [-0.39, 0.29) is 12.8 Å². The number of hydrogen-bond donors (Lipinski definition) is 4. The van der Waals surface area contributed by atoms with Crippen molar-refractivity contribution in [1.29, 1.82) is 0 Å². The number of carbonyl (C=O) groups excluding carboxylic acids is 1. The smallest absolute Gasteiger partial charge is 0.326 e. The van der Waals surface area contributed by atoms with Crippen molar-refractivity contribution in [3.63, 3.8) is 0 Å². The van der Waals surface area contributed by atoms with E-state index in [2.05, 4.69) is 10.6 Å². The highest BCUT2D eigenvalue weighted by Gasteiger charge is 2.30. The Morgan fingerprint density at radius 1 is 1.25 bits per heavy atom. The van der Waals surface area contributed by atoms with Gasteiger partial charge in [-0.05, 0) is 26.2 Å². The molecule has 1 aliphatic heterocycles. The van der Waals surface area contributed by atoms with Crippen molar-refractivity contribution in [1.82, 2.24) is 10.6 Å². The fourth-order valence-electron chi connectivity index (χ4n) is 1.94. The van der Waals surface area contributed by atoms with Crippen LogP contribution in [0.2, 0.25) is 0 Å². The summed E-state index contributed by atoms with van der Waals surface area (Å²) < 4.78 is 5.20. The highest BCUT2D eigenvalue weighted by Crippen LogP contribution is 2.19. The molecule has 8 nitrogen and oxygen atoms in total. The molecule has 114 valence electrons. The van der Waals surface area contributed by atoms with Gasteiger partial charge in [-0.25, -0.2) is 9.59 Å². The normalized spacial score (nSPS) is 18.9. The van der Waals surface area contributed by atoms with Crippen LogP contribution < -0.4 is 10.6 Å². The first-order valence-electron chi connectivity index (χ1n) is 6.43. The topological polar surface area (TPSA) is 125 Å². The Labute approximate surface area is 116 Å². The molecule has 0 aromatic carbocycles. The number of rotatable bonds is 6. The van der Waals surface area contributed by atoms with Gasteiger partial charge in [-0.15, -0.1) is 0 Å². The lowest BCUT2D eigenvalue weighted by atomic mass is 9.93. The van der Waals surface area contributed by atoms with Crippen molar-refractivity contribution in [3.8, 4) is 0 Å². The third-order valence-electron chi connectivity index (χ3n) is 3.26. The van der Waals surface area contributed by atoms with E-state index in [4.69, 9.17) is 14.9 Å². The first-order chi connectivity index (χ1) is 9.32. The zero-order valence-electron chi connectivity index (χ0n) is 11.3. The molecule has 0 radical (unpaired) electrons. The molecule has 2 amide bonds. The minimum atomic E-state index is -1.25. The highest BCUT2D eigenvalue weighted by molar-refractivity contribution is 5.83. The predicted octanol–water partition coefficient (Wildman–Crippen LogP) is 0.173. The van der Waals surface area contributed by atoms with Crippen LogP contribution in [0.1, 0.15) is 32.6 Å². The Morgan fingerprint density at radius 3 is 2.35 bits per heavy atom. The van der Waals surface area contributed by atoms with Gasteiger partial charge in [0.05, 0.1) is 0 Å². The summed E-state index contributed by atoms with van der Waals surface area (Å²) in [5.74, 6) is -2.35. The van der Waals surface area contributed by atoms with Crippen LogP contribution >= 0.6 is 0 Å². The van der Waals surface area contributed by atoms with Gasteiger partial charge >= 0.3 is 18.0 Å². The Morgan fingerprint density at radius 2 is 1.85 bits per heavy atom. The van der Waals surface area contributed by atoms with Crippen LogP contribution in [0.4, 0.5) is 4.79 Å². The Kier molecular flexibility index (Phi) is 5.75. The molecular formula is C12H20N2O6. The van der Waals surface area contributed by atoms with Gasteiger partial charge in [0.15, 0.2) is 0 Å². The average Bonchev–Trinajstić information content (AvgIpc) is 2.34. The van der Waals surface area contributed by atoms with E-state index in [1.807, 2.05) is 6.92 Å². The third-order valence-corrected chi connectivity index (χ3v) is 3.26. The van der Waals surface area contributed by atoms with E-state index in [1.165, 1.54) is 0 Å². The fraction of sp³-hybridized carbons (Fsp3) is 0.750. The molecule has 1 unspecified atom stereocenters. The summed E-state index contributed by atoms with van der Waals surface area (Å²) in [6.45, 7) is 2.94. The van der Waals surface area contributed by atoms with E-state index in [1.54, 1.807) is 0 Å². The summed E-state index contributed by atoms with van der Waals surface area (Å²) >= 11 is 0. The molecule has 0 aromatic heterocycles. The molecule has 0 spiro atoms. The fourth-order valence-corrected chi connectivity index (χ4v) is 1.94. The lowest BCUT2D eigenvalue weighted by molar-refractivity contribution is -0.140. The second kappa shape index (κ2) is 7.09. The van der Waals surface area contributed by atoms with Crippen molar-refractivity contribution in [3.05, 3.63) is 0 Å². The van der Waals surface area contributed by atoms with E-state index in [9.17, 15) is 14.4 Å². The number of carboxylic acid groups (broad SMARTS) is 2. The lowest BCUT2D eigenvalue weighted by Gasteiger charge is -2.34. The number of ether oxygens (including phenoxy) is 1.